The zero-order valence-corrected chi connectivity index (χ0v) is 8.35. The lowest BCUT2D eigenvalue weighted by Gasteiger charge is -2.00. The van der Waals surface area contributed by atoms with Crippen molar-refractivity contribution in [1.29, 1.82) is 5.26 Å². The molecule has 1 aromatic rings. The predicted octanol–water partition coefficient (Wildman–Crippen LogP) is 1.33. The molecule has 72 valence electrons. The van der Waals surface area contributed by atoms with Gasteiger partial charge in [-0.05, 0) is 11.6 Å². The minimum Gasteiger partial charge on any atom is -0.469 e. The van der Waals surface area contributed by atoms with Gasteiger partial charge in [-0.3, -0.25) is 4.79 Å². The van der Waals surface area contributed by atoms with Crippen LogP contribution in [-0.4, -0.2) is 18.1 Å². The van der Waals surface area contributed by atoms with Crippen molar-refractivity contribution >= 4 is 18.2 Å². The molecule has 0 radical (unpaired) electrons. The van der Waals surface area contributed by atoms with Gasteiger partial charge in [0, 0.05) is 10.7 Å². The first-order chi connectivity index (χ1) is 6.67. The summed E-state index contributed by atoms with van der Waals surface area (Å²) in [6.45, 7) is 0. The van der Waals surface area contributed by atoms with E-state index in [1.165, 1.54) is 13.2 Å². The Kier molecular flexibility index (Phi) is 3.37. The van der Waals surface area contributed by atoms with Crippen LogP contribution >= 0.6 is 12.2 Å². The Balaban J connectivity index is 2.97. The monoisotopic (exact) mass is 208 g/mol. The number of nitrogens with one attached hydrogen (secondary N) is 1. The molecular formula is C9H8N2O2S. The zero-order chi connectivity index (χ0) is 10.6. The van der Waals surface area contributed by atoms with Gasteiger partial charge in [-0.1, -0.05) is 12.2 Å². The Labute approximate surface area is 86.1 Å². The Morgan fingerprint density at radius 1 is 1.79 bits per heavy atom. The van der Waals surface area contributed by atoms with Crippen LogP contribution in [0.2, 0.25) is 0 Å². The fraction of sp³-hybridized carbons (Fsp3) is 0.222. The molecule has 0 saturated heterocycles. The third-order valence-corrected chi connectivity index (χ3v) is 2.06. The smallest absolute Gasteiger partial charge is 0.310 e. The third kappa shape index (κ3) is 2.41. The molecule has 0 unspecified atom stereocenters. The number of hydrogen-bond acceptors (Lipinski definition) is 4. The van der Waals surface area contributed by atoms with Crippen molar-refractivity contribution in [2.45, 2.75) is 6.42 Å². The molecule has 0 aliphatic heterocycles. The average Bonchev–Trinajstić information content (AvgIpc) is 2.20. The second-order valence-electron chi connectivity index (χ2n) is 2.60. The van der Waals surface area contributed by atoms with E-state index in [1.807, 2.05) is 6.07 Å². The second-order valence-corrected chi connectivity index (χ2v) is 3.04. The van der Waals surface area contributed by atoms with Gasteiger partial charge in [0.05, 0.1) is 13.5 Å². The highest BCUT2D eigenvalue weighted by atomic mass is 32.1. The number of methoxy groups -OCH3 is 1. The summed E-state index contributed by atoms with van der Waals surface area (Å²) in [6, 6.07) is 3.45. The van der Waals surface area contributed by atoms with Crippen molar-refractivity contribution in [2.24, 2.45) is 0 Å². The van der Waals surface area contributed by atoms with Crippen molar-refractivity contribution in [1.82, 2.24) is 4.98 Å². The van der Waals surface area contributed by atoms with E-state index in [0.29, 0.717) is 15.8 Å². The number of nitriles is 1. The molecular weight excluding hydrogens is 200 g/mol. The molecule has 0 spiro atoms. The van der Waals surface area contributed by atoms with Crippen molar-refractivity contribution in [3.05, 3.63) is 28.0 Å². The summed E-state index contributed by atoms with van der Waals surface area (Å²) in [6.07, 6.45) is 1.68. The minimum atomic E-state index is -0.353. The van der Waals surface area contributed by atoms with E-state index in [1.54, 1.807) is 6.20 Å². The first-order valence-electron chi connectivity index (χ1n) is 3.86. The van der Waals surface area contributed by atoms with Gasteiger partial charge in [0.2, 0.25) is 0 Å². The lowest BCUT2D eigenvalue weighted by Crippen LogP contribution is -2.05. The van der Waals surface area contributed by atoms with Crippen LogP contribution in [0.1, 0.15) is 11.3 Å². The molecule has 1 rings (SSSR count). The SMILES string of the molecule is COC(=O)Cc1c[nH]c(C#N)cc1=S. The molecule has 4 nitrogen and oxygen atoms in total. The van der Waals surface area contributed by atoms with Gasteiger partial charge in [0.15, 0.2) is 0 Å². The van der Waals surface area contributed by atoms with Gasteiger partial charge < -0.3 is 9.72 Å². The molecule has 0 saturated carbocycles. The first kappa shape index (κ1) is 10.4. The number of nitrogens with zero attached hydrogens (tertiary/aromatic N) is 1. The number of esters is 1. The first-order valence-corrected chi connectivity index (χ1v) is 4.26. The van der Waals surface area contributed by atoms with E-state index in [4.69, 9.17) is 17.5 Å². The van der Waals surface area contributed by atoms with Crippen LogP contribution in [0.15, 0.2) is 12.3 Å². The third-order valence-electron chi connectivity index (χ3n) is 1.68. The molecule has 0 fully saturated rings. The van der Waals surface area contributed by atoms with Crippen molar-refractivity contribution < 1.29 is 9.53 Å². The number of ether oxygens (including phenoxy) is 1. The number of aromatic amines is 1. The van der Waals surface area contributed by atoms with Crippen LogP contribution < -0.4 is 0 Å². The zero-order valence-electron chi connectivity index (χ0n) is 7.53. The van der Waals surface area contributed by atoms with E-state index >= 15 is 0 Å². The Morgan fingerprint density at radius 3 is 3.00 bits per heavy atom. The molecule has 14 heavy (non-hydrogen) atoms. The van der Waals surface area contributed by atoms with Crippen LogP contribution in [-0.2, 0) is 16.0 Å². The fourth-order valence-electron chi connectivity index (χ4n) is 0.932. The molecule has 0 amide bonds. The highest BCUT2D eigenvalue weighted by molar-refractivity contribution is 7.71. The molecule has 1 heterocycles. The maximum Gasteiger partial charge on any atom is 0.310 e. The van der Waals surface area contributed by atoms with Gasteiger partial charge in [-0.2, -0.15) is 5.26 Å². The minimum absolute atomic E-state index is 0.123. The van der Waals surface area contributed by atoms with E-state index in [2.05, 4.69) is 9.72 Å². The van der Waals surface area contributed by atoms with E-state index in [9.17, 15) is 4.79 Å². The lowest BCUT2D eigenvalue weighted by molar-refractivity contribution is -0.139. The van der Waals surface area contributed by atoms with Crippen LogP contribution in [0.4, 0.5) is 0 Å². The summed E-state index contributed by atoms with van der Waals surface area (Å²) in [4.78, 5) is 13.7. The maximum atomic E-state index is 10.9. The summed E-state index contributed by atoms with van der Waals surface area (Å²) in [5.74, 6) is -0.353. The van der Waals surface area contributed by atoms with Gasteiger partial charge in [0.1, 0.15) is 11.8 Å². The number of carbonyl (C=O) groups excluding carboxylic acids is 1. The number of pyridine rings is 1. The van der Waals surface area contributed by atoms with Crippen LogP contribution in [0, 0.1) is 15.8 Å². The van der Waals surface area contributed by atoms with Crippen molar-refractivity contribution in [2.75, 3.05) is 7.11 Å². The molecule has 0 bridgehead atoms. The van der Waals surface area contributed by atoms with Crippen LogP contribution in [0.5, 0.6) is 0 Å². The van der Waals surface area contributed by atoms with Crippen LogP contribution in [0.25, 0.3) is 0 Å². The molecule has 0 aliphatic rings. The Bertz CT molecular complexity index is 445. The summed E-state index contributed by atoms with van der Waals surface area (Å²) in [7, 11) is 1.32. The summed E-state index contributed by atoms with van der Waals surface area (Å²) < 4.78 is 4.99. The van der Waals surface area contributed by atoms with Crippen molar-refractivity contribution in [3.63, 3.8) is 0 Å². The van der Waals surface area contributed by atoms with E-state index < -0.39 is 0 Å². The van der Waals surface area contributed by atoms with E-state index in [-0.39, 0.29) is 12.4 Å². The highest BCUT2D eigenvalue weighted by Crippen LogP contribution is 2.05. The Hall–Kier alpha value is -1.67. The quantitative estimate of drug-likeness (QED) is 0.588. The summed E-state index contributed by atoms with van der Waals surface area (Å²) in [5.41, 5.74) is 1.04. The number of carbonyl (C=O) groups is 1. The molecule has 1 aromatic heterocycles. The lowest BCUT2D eigenvalue weighted by atomic mass is 10.2. The fourth-order valence-corrected chi connectivity index (χ4v) is 1.18. The largest absolute Gasteiger partial charge is 0.469 e. The topological polar surface area (TPSA) is 65.9 Å². The molecule has 1 N–H and O–H groups in total. The summed E-state index contributed by atoms with van der Waals surface area (Å²) in [5, 5.41) is 8.56. The normalized spacial score (nSPS) is 9.14. The van der Waals surface area contributed by atoms with Gasteiger partial charge >= 0.3 is 5.97 Å². The van der Waals surface area contributed by atoms with Gasteiger partial charge in [0.25, 0.3) is 0 Å². The number of rotatable bonds is 2. The average molecular weight is 208 g/mol. The number of H-pyrrole nitrogens is 1. The number of aromatic nitrogens is 1. The van der Waals surface area contributed by atoms with Gasteiger partial charge in [-0.25, -0.2) is 0 Å². The predicted molar refractivity (Wildman–Crippen MR) is 52.1 cm³/mol. The highest BCUT2D eigenvalue weighted by Gasteiger charge is 2.04. The Morgan fingerprint density at radius 2 is 2.50 bits per heavy atom. The van der Waals surface area contributed by atoms with Crippen molar-refractivity contribution in [3.8, 4) is 6.07 Å². The van der Waals surface area contributed by atoms with Gasteiger partial charge in [-0.15, -0.1) is 0 Å². The molecule has 5 heteroatoms. The molecule has 0 aromatic carbocycles. The molecule has 0 aliphatic carbocycles. The van der Waals surface area contributed by atoms with Crippen LogP contribution in [0.3, 0.4) is 0 Å². The molecule has 0 atom stereocenters. The number of hydrogen-bond donors (Lipinski definition) is 1. The second kappa shape index (κ2) is 4.53. The van der Waals surface area contributed by atoms with E-state index in [0.717, 1.165) is 0 Å². The maximum absolute atomic E-state index is 10.9. The summed E-state index contributed by atoms with van der Waals surface area (Å²) >= 11 is 4.99. The standard InChI is InChI=1S/C9H8N2O2S/c1-13-9(12)2-6-5-11-7(4-10)3-8(6)14/h3,5H,2H2,1H3,(H,11,14).